The number of benzene rings is 1. The fourth-order valence-corrected chi connectivity index (χ4v) is 2.35. The van der Waals surface area contributed by atoms with E-state index >= 15 is 0 Å². The first kappa shape index (κ1) is 15.6. The number of esters is 2. The molecule has 7 nitrogen and oxygen atoms in total. The first-order valence-electron chi connectivity index (χ1n) is 8.01. The van der Waals surface area contributed by atoms with E-state index in [0.29, 0.717) is 37.4 Å². The van der Waals surface area contributed by atoms with Crippen LogP contribution in [0.1, 0.15) is 26.3 Å². The molecule has 3 aliphatic heterocycles. The van der Waals surface area contributed by atoms with Gasteiger partial charge in [-0.25, -0.2) is 9.59 Å². The number of hydrogen-bond donors (Lipinski definition) is 0. The fourth-order valence-electron chi connectivity index (χ4n) is 2.35. The summed E-state index contributed by atoms with van der Waals surface area (Å²) >= 11 is 0. The molecule has 7 heteroatoms. The van der Waals surface area contributed by atoms with E-state index in [0.717, 1.165) is 5.56 Å². The number of rotatable bonds is 8. The fraction of sp³-hybridized carbons (Fsp3) is 0.529. The van der Waals surface area contributed by atoms with Crippen LogP contribution in [0.25, 0.3) is 0 Å². The van der Waals surface area contributed by atoms with Gasteiger partial charge in [0.1, 0.15) is 25.4 Å². The molecule has 3 aliphatic rings. The van der Waals surface area contributed by atoms with Crippen LogP contribution in [-0.2, 0) is 30.1 Å². The van der Waals surface area contributed by atoms with Crippen molar-refractivity contribution in [2.75, 3.05) is 33.0 Å². The third-order valence-corrected chi connectivity index (χ3v) is 4.02. The number of carbonyl (C=O) groups excluding carboxylic acids is 2. The van der Waals surface area contributed by atoms with Crippen LogP contribution in [0.15, 0.2) is 18.2 Å². The van der Waals surface area contributed by atoms with Gasteiger partial charge in [-0.05, 0) is 23.8 Å². The molecule has 4 rings (SSSR count). The number of ether oxygens (including phenoxy) is 5. The van der Waals surface area contributed by atoms with Gasteiger partial charge >= 0.3 is 11.9 Å². The third-order valence-electron chi connectivity index (χ3n) is 4.02. The first-order valence-corrected chi connectivity index (χ1v) is 8.01. The summed E-state index contributed by atoms with van der Waals surface area (Å²) in [5, 5.41) is 0. The van der Waals surface area contributed by atoms with E-state index in [4.69, 9.17) is 23.7 Å². The molecule has 3 unspecified atom stereocenters. The number of hydrogen-bond acceptors (Lipinski definition) is 7. The van der Waals surface area contributed by atoms with Crippen LogP contribution < -0.4 is 0 Å². The van der Waals surface area contributed by atoms with E-state index in [1.165, 1.54) is 0 Å². The predicted octanol–water partition coefficient (Wildman–Crippen LogP) is 0.739. The van der Waals surface area contributed by atoms with E-state index in [-0.39, 0.29) is 31.5 Å². The topological polar surface area (TPSA) is 90.2 Å². The molecule has 0 saturated carbocycles. The molecule has 0 bridgehead atoms. The molecule has 3 fully saturated rings. The summed E-state index contributed by atoms with van der Waals surface area (Å²) in [4.78, 5) is 24.3. The van der Waals surface area contributed by atoms with E-state index in [1.54, 1.807) is 18.2 Å². The van der Waals surface area contributed by atoms with Crippen LogP contribution >= 0.6 is 0 Å². The average Bonchev–Trinajstić information content (AvgIpc) is 3.44. The lowest BCUT2D eigenvalue weighted by Crippen LogP contribution is -2.15. The second kappa shape index (κ2) is 6.51. The van der Waals surface area contributed by atoms with Gasteiger partial charge < -0.3 is 23.7 Å². The molecule has 128 valence electrons. The van der Waals surface area contributed by atoms with Gasteiger partial charge in [-0.15, -0.1) is 0 Å². The molecular weight excluding hydrogens is 316 g/mol. The van der Waals surface area contributed by atoms with Crippen LogP contribution in [0, 0.1) is 0 Å². The van der Waals surface area contributed by atoms with Gasteiger partial charge in [-0.1, -0.05) is 0 Å². The van der Waals surface area contributed by atoms with Crippen LogP contribution in [-0.4, -0.2) is 63.3 Å². The standard InChI is InChI=1S/C17H18O7/c18-16(23-8-13-6-21-13)10-1-2-15(11(3-10)4-12-5-20-12)17(19)24-9-14-7-22-14/h1-3,12-14H,4-9H2. The highest BCUT2D eigenvalue weighted by molar-refractivity contribution is 5.95. The van der Waals surface area contributed by atoms with Crippen molar-refractivity contribution in [1.29, 1.82) is 0 Å². The van der Waals surface area contributed by atoms with Crippen molar-refractivity contribution in [2.24, 2.45) is 0 Å². The molecule has 0 N–H and O–H groups in total. The predicted molar refractivity (Wildman–Crippen MR) is 79.9 cm³/mol. The van der Waals surface area contributed by atoms with Crippen molar-refractivity contribution in [2.45, 2.75) is 24.7 Å². The maximum Gasteiger partial charge on any atom is 0.338 e. The monoisotopic (exact) mass is 334 g/mol. The molecule has 0 aromatic heterocycles. The Morgan fingerprint density at radius 2 is 1.50 bits per heavy atom. The molecule has 1 aromatic carbocycles. The van der Waals surface area contributed by atoms with Crippen molar-refractivity contribution < 1.29 is 33.3 Å². The molecule has 3 heterocycles. The highest BCUT2D eigenvalue weighted by Gasteiger charge is 2.29. The maximum atomic E-state index is 12.3. The number of epoxide rings is 3. The van der Waals surface area contributed by atoms with Gasteiger partial charge in [-0.3, -0.25) is 0 Å². The molecule has 3 saturated heterocycles. The third kappa shape index (κ3) is 4.11. The van der Waals surface area contributed by atoms with Crippen molar-refractivity contribution >= 4 is 11.9 Å². The molecule has 3 atom stereocenters. The Hall–Kier alpha value is -1.96. The van der Waals surface area contributed by atoms with Crippen molar-refractivity contribution in [1.82, 2.24) is 0 Å². The normalized spacial score (nSPS) is 26.6. The zero-order valence-electron chi connectivity index (χ0n) is 13.1. The lowest BCUT2D eigenvalue weighted by atomic mass is 10.00. The maximum absolute atomic E-state index is 12.3. The van der Waals surface area contributed by atoms with Gasteiger partial charge in [0.05, 0.1) is 37.1 Å². The van der Waals surface area contributed by atoms with Gasteiger partial charge in [-0.2, -0.15) is 0 Å². The average molecular weight is 334 g/mol. The second-order valence-corrected chi connectivity index (χ2v) is 6.14. The molecule has 0 amide bonds. The Kier molecular flexibility index (Phi) is 4.22. The summed E-state index contributed by atoms with van der Waals surface area (Å²) in [6, 6.07) is 4.87. The zero-order valence-corrected chi connectivity index (χ0v) is 13.1. The van der Waals surface area contributed by atoms with E-state index < -0.39 is 11.9 Å². The Bertz CT molecular complexity index is 644. The first-order chi connectivity index (χ1) is 11.7. The summed E-state index contributed by atoms with van der Waals surface area (Å²) in [6.45, 7) is 2.44. The molecule has 0 aliphatic carbocycles. The Morgan fingerprint density at radius 1 is 0.917 bits per heavy atom. The van der Waals surface area contributed by atoms with E-state index in [1.807, 2.05) is 0 Å². The molecule has 1 aromatic rings. The highest BCUT2D eigenvalue weighted by atomic mass is 16.6. The minimum absolute atomic E-state index is 0.0167. The van der Waals surface area contributed by atoms with Gasteiger partial charge in [0.15, 0.2) is 0 Å². The van der Waals surface area contributed by atoms with Crippen LogP contribution in [0.5, 0.6) is 0 Å². The molecule has 0 radical (unpaired) electrons. The van der Waals surface area contributed by atoms with Crippen LogP contribution in [0.2, 0.25) is 0 Å². The van der Waals surface area contributed by atoms with Crippen molar-refractivity contribution in [3.8, 4) is 0 Å². The van der Waals surface area contributed by atoms with E-state index in [2.05, 4.69) is 0 Å². The van der Waals surface area contributed by atoms with E-state index in [9.17, 15) is 9.59 Å². The Labute approximate surface area is 138 Å². The summed E-state index contributed by atoms with van der Waals surface area (Å²) in [5.41, 5.74) is 1.60. The second-order valence-electron chi connectivity index (χ2n) is 6.14. The summed E-state index contributed by atoms with van der Waals surface area (Å²) in [6.07, 6.45) is 0.696. The quantitative estimate of drug-likeness (QED) is 0.511. The summed E-state index contributed by atoms with van der Waals surface area (Å²) in [5.74, 6) is -0.831. The smallest absolute Gasteiger partial charge is 0.338 e. The summed E-state index contributed by atoms with van der Waals surface area (Å²) in [7, 11) is 0. The van der Waals surface area contributed by atoms with Crippen molar-refractivity contribution in [3.05, 3.63) is 34.9 Å². The van der Waals surface area contributed by atoms with Gasteiger partial charge in [0, 0.05) is 6.42 Å². The van der Waals surface area contributed by atoms with Gasteiger partial charge in [0.25, 0.3) is 0 Å². The largest absolute Gasteiger partial charge is 0.459 e. The number of carbonyl (C=O) groups is 2. The SMILES string of the molecule is O=C(OCC1CO1)c1ccc(C(=O)OCC2CO2)c(CC2CO2)c1. The Morgan fingerprint density at radius 3 is 2.08 bits per heavy atom. The minimum atomic E-state index is -0.422. The van der Waals surface area contributed by atoms with Crippen LogP contribution in [0.3, 0.4) is 0 Å². The lowest BCUT2D eigenvalue weighted by Gasteiger charge is -2.10. The van der Waals surface area contributed by atoms with Crippen molar-refractivity contribution in [3.63, 3.8) is 0 Å². The molecule has 0 spiro atoms. The minimum Gasteiger partial charge on any atom is -0.459 e. The lowest BCUT2D eigenvalue weighted by molar-refractivity contribution is 0.0462. The van der Waals surface area contributed by atoms with Crippen LogP contribution in [0.4, 0.5) is 0 Å². The highest BCUT2D eigenvalue weighted by Crippen LogP contribution is 2.22. The zero-order chi connectivity index (χ0) is 16.5. The summed E-state index contributed by atoms with van der Waals surface area (Å²) < 4.78 is 25.7. The Balaban J connectivity index is 1.46. The molecular formula is C17H18O7. The van der Waals surface area contributed by atoms with Gasteiger partial charge in [0.2, 0.25) is 0 Å². The molecule has 24 heavy (non-hydrogen) atoms.